The zero-order valence-corrected chi connectivity index (χ0v) is 15.0. The van der Waals surface area contributed by atoms with Crippen molar-refractivity contribution in [2.75, 3.05) is 7.11 Å². The summed E-state index contributed by atoms with van der Waals surface area (Å²) in [6, 6.07) is 9.56. The van der Waals surface area contributed by atoms with Crippen molar-refractivity contribution in [2.24, 2.45) is 5.92 Å². The molecule has 0 radical (unpaired) electrons. The molecule has 5 nitrogen and oxygen atoms in total. The number of allylic oxidation sites excluding steroid dienone is 2. The van der Waals surface area contributed by atoms with Crippen LogP contribution in [0.3, 0.4) is 0 Å². The number of rotatable bonds is 7. The Hall–Kier alpha value is -2.82. The van der Waals surface area contributed by atoms with E-state index in [1.165, 1.54) is 0 Å². The highest BCUT2D eigenvalue weighted by Crippen LogP contribution is 2.29. The zero-order chi connectivity index (χ0) is 18.2. The fraction of sp³-hybridized carbons (Fsp3) is 0.333. The van der Waals surface area contributed by atoms with Gasteiger partial charge in [-0.05, 0) is 54.7 Å². The topological polar surface area (TPSA) is 60.5 Å². The number of aromatic nitrogens is 1. The summed E-state index contributed by atoms with van der Waals surface area (Å²) >= 11 is 0. The van der Waals surface area contributed by atoms with Gasteiger partial charge in [-0.2, -0.15) is 0 Å². The normalized spacial score (nSPS) is 16.1. The van der Waals surface area contributed by atoms with E-state index in [0.29, 0.717) is 24.7 Å². The molecule has 0 fully saturated rings. The number of nitrogens with zero attached hydrogens (tertiary/aromatic N) is 1. The van der Waals surface area contributed by atoms with Gasteiger partial charge in [0.1, 0.15) is 6.61 Å². The highest BCUT2D eigenvalue weighted by Gasteiger charge is 2.18. The van der Waals surface area contributed by atoms with Crippen molar-refractivity contribution in [2.45, 2.75) is 32.4 Å². The number of pyridine rings is 1. The van der Waals surface area contributed by atoms with Gasteiger partial charge in [0.25, 0.3) is 0 Å². The Morgan fingerprint density at radius 3 is 2.73 bits per heavy atom. The van der Waals surface area contributed by atoms with Gasteiger partial charge in [-0.15, -0.1) is 0 Å². The molecule has 0 bridgehead atoms. The minimum atomic E-state index is 0.0878. The van der Waals surface area contributed by atoms with Crippen LogP contribution in [0.2, 0.25) is 0 Å². The fourth-order valence-electron chi connectivity index (χ4n) is 2.95. The van der Waals surface area contributed by atoms with E-state index < -0.39 is 0 Å². The van der Waals surface area contributed by atoms with E-state index in [1.54, 1.807) is 19.5 Å². The van der Waals surface area contributed by atoms with Crippen LogP contribution in [-0.4, -0.2) is 18.0 Å². The standard InChI is InChI=1S/C21H24N2O3/c1-25-20-13-17(14-23-21(24)18-5-3-2-4-6-18)7-8-19(20)26-15-16-9-11-22-12-10-16/h2-3,7-13,18H,4-6,14-15H2,1H3,(H,23,24)/t18-/m1/s1. The third-order valence-corrected chi connectivity index (χ3v) is 4.48. The molecular weight excluding hydrogens is 328 g/mol. The number of carbonyl (C=O) groups is 1. The van der Waals surface area contributed by atoms with Crippen molar-refractivity contribution in [1.82, 2.24) is 10.3 Å². The van der Waals surface area contributed by atoms with E-state index in [4.69, 9.17) is 9.47 Å². The molecule has 0 saturated carbocycles. The second-order valence-corrected chi connectivity index (χ2v) is 6.33. The number of carbonyl (C=O) groups excluding carboxylic acids is 1. The molecule has 1 aliphatic rings. The van der Waals surface area contributed by atoms with Crippen LogP contribution in [0.25, 0.3) is 0 Å². The number of hydrogen-bond donors (Lipinski definition) is 1. The van der Waals surface area contributed by atoms with Gasteiger partial charge < -0.3 is 14.8 Å². The van der Waals surface area contributed by atoms with E-state index in [1.807, 2.05) is 30.3 Å². The van der Waals surface area contributed by atoms with E-state index in [2.05, 4.69) is 22.5 Å². The number of amides is 1. The van der Waals surface area contributed by atoms with Crippen LogP contribution in [-0.2, 0) is 17.9 Å². The Labute approximate surface area is 154 Å². The Bertz CT molecular complexity index is 759. The van der Waals surface area contributed by atoms with Gasteiger partial charge in [0, 0.05) is 24.9 Å². The molecule has 26 heavy (non-hydrogen) atoms. The van der Waals surface area contributed by atoms with E-state index >= 15 is 0 Å². The highest BCUT2D eigenvalue weighted by molar-refractivity contribution is 5.79. The quantitative estimate of drug-likeness (QED) is 0.773. The maximum atomic E-state index is 12.2. The summed E-state index contributed by atoms with van der Waals surface area (Å²) < 4.78 is 11.3. The lowest BCUT2D eigenvalue weighted by Crippen LogP contribution is -2.30. The maximum Gasteiger partial charge on any atom is 0.223 e. The van der Waals surface area contributed by atoms with Gasteiger partial charge in [-0.1, -0.05) is 18.2 Å². The Kier molecular flexibility index (Phi) is 6.25. The second kappa shape index (κ2) is 9.04. The monoisotopic (exact) mass is 352 g/mol. The van der Waals surface area contributed by atoms with Crippen molar-refractivity contribution < 1.29 is 14.3 Å². The largest absolute Gasteiger partial charge is 0.493 e. The number of methoxy groups -OCH3 is 1. The van der Waals surface area contributed by atoms with E-state index in [0.717, 1.165) is 30.4 Å². The number of benzene rings is 1. The smallest absolute Gasteiger partial charge is 0.223 e. The number of nitrogens with one attached hydrogen (secondary N) is 1. The lowest BCUT2D eigenvalue weighted by Gasteiger charge is -2.17. The molecule has 1 amide bonds. The first-order valence-electron chi connectivity index (χ1n) is 8.87. The SMILES string of the molecule is COc1cc(CNC(=O)[C@@H]2CC=CCC2)ccc1OCc1ccncc1. The molecule has 1 heterocycles. The molecular formula is C21H24N2O3. The highest BCUT2D eigenvalue weighted by atomic mass is 16.5. The van der Waals surface area contributed by atoms with Gasteiger partial charge in [0.15, 0.2) is 11.5 Å². The summed E-state index contributed by atoms with van der Waals surface area (Å²) in [6.45, 7) is 0.935. The van der Waals surface area contributed by atoms with Crippen molar-refractivity contribution in [3.63, 3.8) is 0 Å². The van der Waals surface area contributed by atoms with Gasteiger partial charge in [-0.3, -0.25) is 9.78 Å². The van der Waals surface area contributed by atoms with Gasteiger partial charge in [0.05, 0.1) is 7.11 Å². The molecule has 1 aliphatic carbocycles. The third-order valence-electron chi connectivity index (χ3n) is 4.48. The minimum absolute atomic E-state index is 0.0878. The van der Waals surface area contributed by atoms with Crippen molar-refractivity contribution in [3.8, 4) is 11.5 Å². The van der Waals surface area contributed by atoms with Crippen LogP contribution in [0.5, 0.6) is 11.5 Å². The molecule has 1 aromatic carbocycles. The van der Waals surface area contributed by atoms with Crippen LogP contribution in [0, 0.1) is 5.92 Å². The van der Waals surface area contributed by atoms with Gasteiger partial charge >= 0.3 is 0 Å². The van der Waals surface area contributed by atoms with Crippen LogP contribution >= 0.6 is 0 Å². The van der Waals surface area contributed by atoms with Gasteiger partial charge in [0.2, 0.25) is 5.91 Å². The lowest BCUT2D eigenvalue weighted by atomic mass is 9.93. The summed E-state index contributed by atoms with van der Waals surface area (Å²) in [4.78, 5) is 16.2. The van der Waals surface area contributed by atoms with E-state index in [9.17, 15) is 4.79 Å². The average molecular weight is 352 g/mol. The van der Waals surface area contributed by atoms with Crippen LogP contribution in [0.1, 0.15) is 30.4 Å². The van der Waals surface area contributed by atoms with Crippen LogP contribution in [0.4, 0.5) is 0 Å². The number of ether oxygens (including phenoxy) is 2. The molecule has 0 saturated heterocycles. The molecule has 0 spiro atoms. The second-order valence-electron chi connectivity index (χ2n) is 6.33. The molecule has 1 aromatic heterocycles. The molecule has 3 rings (SSSR count). The van der Waals surface area contributed by atoms with Crippen LogP contribution < -0.4 is 14.8 Å². The Balaban J connectivity index is 1.57. The molecule has 136 valence electrons. The summed E-state index contributed by atoms with van der Waals surface area (Å²) in [5, 5.41) is 3.02. The predicted molar refractivity (Wildman–Crippen MR) is 99.9 cm³/mol. The Morgan fingerprint density at radius 1 is 1.15 bits per heavy atom. The average Bonchev–Trinajstić information content (AvgIpc) is 2.72. The molecule has 1 atom stereocenters. The minimum Gasteiger partial charge on any atom is -0.493 e. The zero-order valence-electron chi connectivity index (χ0n) is 15.0. The Morgan fingerprint density at radius 2 is 2.00 bits per heavy atom. The molecule has 0 aliphatic heterocycles. The van der Waals surface area contributed by atoms with Crippen molar-refractivity contribution in [3.05, 3.63) is 66.0 Å². The summed E-state index contributed by atoms with van der Waals surface area (Å²) in [7, 11) is 1.62. The predicted octanol–water partition coefficient (Wildman–Crippen LogP) is 3.64. The molecule has 0 unspecified atom stereocenters. The van der Waals surface area contributed by atoms with Crippen LogP contribution in [0.15, 0.2) is 54.9 Å². The molecule has 1 N–H and O–H groups in total. The first-order chi connectivity index (χ1) is 12.8. The maximum absolute atomic E-state index is 12.2. The summed E-state index contributed by atoms with van der Waals surface area (Å²) in [5.41, 5.74) is 2.03. The van der Waals surface area contributed by atoms with Gasteiger partial charge in [-0.25, -0.2) is 0 Å². The molecule has 2 aromatic rings. The lowest BCUT2D eigenvalue weighted by molar-refractivity contribution is -0.125. The summed E-state index contributed by atoms with van der Waals surface area (Å²) in [5.74, 6) is 1.54. The third kappa shape index (κ3) is 4.85. The van der Waals surface area contributed by atoms with Crippen molar-refractivity contribution in [1.29, 1.82) is 0 Å². The molecule has 5 heteroatoms. The summed E-state index contributed by atoms with van der Waals surface area (Å²) in [6.07, 6.45) is 10.4. The first kappa shape index (κ1) is 18.0. The fourth-order valence-corrected chi connectivity index (χ4v) is 2.95. The van der Waals surface area contributed by atoms with Crippen molar-refractivity contribution >= 4 is 5.91 Å². The first-order valence-corrected chi connectivity index (χ1v) is 8.87. The number of hydrogen-bond acceptors (Lipinski definition) is 4. The van der Waals surface area contributed by atoms with E-state index in [-0.39, 0.29) is 11.8 Å².